The maximum atomic E-state index is 13.1. The van der Waals surface area contributed by atoms with Gasteiger partial charge in [0.15, 0.2) is 6.61 Å². The molecule has 0 fully saturated rings. The molecular weight excluding hydrogens is 410 g/mol. The number of amides is 2. The molecule has 0 aliphatic carbocycles. The number of benzene rings is 2. The molecule has 0 aromatic heterocycles. The van der Waals surface area contributed by atoms with E-state index in [9.17, 15) is 18.8 Å². The SMILES string of the molecule is O=C(COC(=O)CNC(=O)c1cccc(F)c1)NCCc1ccc(Cl)cc1Cl. The summed E-state index contributed by atoms with van der Waals surface area (Å²) < 4.78 is 17.8. The predicted molar refractivity (Wildman–Crippen MR) is 103 cm³/mol. The van der Waals surface area contributed by atoms with E-state index in [1.807, 2.05) is 0 Å². The lowest BCUT2D eigenvalue weighted by Crippen LogP contribution is -2.34. The van der Waals surface area contributed by atoms with Crippen LogP contribution in [0.1, 0.15) is 15.9 Å². The van der Waals surface area contributed by atoms with Crippen molar-refractivity contribution in [2.24, 2.45) is 0 Å². The molecule has 0 aliphatic heterocycles. The minimum Gasteiger partial charge on any atom is -0.454 e. The molecule has 0 radical (unpaired) electrons. The lowest BCUT2D eigenvalue weighted by Gasteiger charge is -2.08. The molecule has 28 heavy (non-hydrogen) atoms. The Bertz CT molecular complexity index is 877. The van der Waals surface area contributed by atoms with Gasteiger partial charge >= 0.3 is 5.97 Å². The van der Waals surface area contributed by atoms with Gasteiger partial charge in [-0.3, -0.25) is 14.4 Å². The lowest BCUT2D eigenvalue weighted by atomic mass is 10.1. The zero-order chi connectivity index (χ0) is 20.5. The number of halogens is 3. The van der Waals surface area contributed by atoms with E-state index in [-0.39, 0.29) is 5.56 Å². The van der Waals surface area contributed by atoms with Crippen LogP contribution in [0.15, 0.2) is 42.5 Å². The monoisotopic (exact) mass is 426 g/mol. The van der Waals surface area contributed by atoms with E-state index in [0.29, 0.717) is 23.0 Å². The number of rotatable bonds is 8. The zero-order valence-corrected chi connectivity index (χ0v) is 16.1. The van der Waals surface area contributed by atoms with Gasteiger partial charge in [0.1, 0.15) is 12.4 Å². The van der Waals surface area contributed by atoms with Crippen molar-refractivity contribution in [3.05, 3.63) is 69.5 Å². The molecule has 0 saturated carbocycles. The minimum atomic E-state index is -0.791. The Kier molecular flexibility index (Phi) is 8.22. The quantitative estimate of drug-likeness (QED) is 0.635. The number of hydrogen-bond acceptors (Lipinski definition) is 4. The summed E-state index contributed by atoms with van der Waals surface area (Å²) in [6.07, 6.45) is 0.485. The van der Waals surface area contributed by atoms with E-state index in [2.05, 4.69) is 10.6 Å². The predicted octanol–water partition coefficient (Wildman–Crippen LogP) is 2.76. The third-order valence-electron chi connectivity index (χ3n) is 3.58. The summed E-state index contributed by atoms with van der Waals surface area (Å²) in [5.41, 5.74) is 0.898. The number of hydrogen-bond donors (Lipinski definition) is 2. The van der Waals surface area contributed by atoms with Crippen LogP contribution in [0.25, 0.3) is 0 Å². The maximum Gasteiger partial charge on any atom is 0.325 e. The van der Waals surface area contributed by atoms with Crippen LogP contribution in [0.5, 0.6) is 0 Å². The number of carbonyl (C=O) groups excluding carboxylic acids is 3. The third kappa shape index (κ3) is 7.17. The molecule has 0 saturated heterocycles. The van der Waals surface area contributed by atoms with E-state index in [1.54, 1.807) is 18.2 Å². The molecule has 148 valence electrons. The first-order valence-electron chi connectivity index (χ1n) is 8.25. The Morgan fingerprint density at radius 3 is 2.54 bits per heavy atom. The Balaban J connectivity index is 1.65. The van der Waals surface area contributed by atoms with E-state index >= 15 is 0 Å². The van der Waals surface area contributed by atoms with Gasteiger partial charge in [0.2, 0.25) is 0 Å². The Morgan fingerprint density at radius 2 is 1.82 bits per heavy atom. The summed E-state index contributed by atoms with van der Waals surface area (Å²) in [7, 11) is 0. The number of carbonyl (C=O) groups is 3. The van der Waals surface area contributed by atoms with E-state index in [1.165, 1.54) is 18.2 Å². The highest BCUT2D eigenvalue weighted by atomic mass is 35.5. The fourth-order valence-corrected chi connectivity index (χ4v) is 2.70. The molecular formula is C19H17Cl2FN2O4. The molecule has 2 aromatic rings. The van der Waals surface area contributed by atoms with Gasteiger partial charge < -0.3 is 15.4 Å². The van der Waals surface area contributed by atoms with Gasteiger partial charge in [-0.15, -0.1) is 0 Å². The van der Waals surface area contributed by atoms with Gasteiger partial charge in [0.05, 0.1) is 0 Å². The van der Waals surface area contributed by atoms with Crippen LogP contribution >= 0.6 is 23.2 Å². The van der Waals surface area contributed by atoms with Gasteiger partial charge in [-0.25, -0.2) is 4.39 Å². The second-order valence-corrected chi connectivity index (χ2v) is 6.53. The summed E-state index contributed by atoms with van der Waals surface area (Å²) in [4.78, 5) is 35.1. The van der Waals surface area contributed by atoms with Crippen LogP contribution in [-0.2, 0) is 20.7 Å². The summed E-state index contributed by atoms with van der Waals surface area (Å²) in [6, 6.07) is 10.1. The molecule has 0 unspecified atom stereocenters. The molecule has 9 heteroatoms. The van der Waals surface area contributed by atoms with Crippen LogP contribution in [0.4, 0.5) is 4.39 Å². The first kappa shape index (κ1) is 21.7. The van der Waals surface area contributed by atoms with Crippen molar-refractivity contribution in [3.8, 4) is 0 Å². The topological polar surface area (TPSA) is 84.5 Å². The highest BCUT2D eigenvalue weighted by Crippen LogP contribution is 2.20. The molecule has 0 spiro atoms. The van der Waals surface area contributed by atoms with E-state index in [0.717, 1.165) is 11.6 Å². The fraction of sp³-hybridized carbons (Fsp3) is 0.211. The van der Waals surface area contributed by atoms with Gasteiger partial charge in [-0.1, -0.05) is 35.3 Å². The third-order valence-corrected chi connectivity index (χ3v) is 4.16. The molecule has 2 amide bonds. The molecule has 2 aromatic carbocycles. The van der Waals surface area contributed by atoms with E-state index in [4.69, 9.17) is 27.9 Å². The van der Waals surface area contributed by atoms with Crippen molar-refractivity contribution >= 4 is 41.0 Å². The summed E-state index contributed by atoms with van der Waals surface area (Å²) >= 11 is 11.9. The highest BCUT2D eigenvalue weighted by molar-refractivity contribution is 6.35. The largest absolute Gasteiger partial charge is 0.454 e. The molecule has 2 rings (SSSR count). The van der Waals surface area contributed by atoms with Crippen molar-refractivity contribution < 1.29 is 23.5 Å². The standard InChI is InChI=1S/C19H17Cl2FN2O4/c20-14-5-4-12(16(21)9-14)6-7-23-17(25)11-28-18(26)10-24-19(27)13-2-1-3-15(22)8-13/h1-5,8-9H,6-7,10-11H2,(H,23,25)(H,24,27). The minimum absolute atomic E-state index is 0.0754. The molecule has 2 N–H and O–H groups in total. The first-order valence-corrected chi connectivity index (χ1v) is 9.01. The van der Waals surface area contributed by atoms with Crippen LogP contribution in [0, 0.1) is 5.82 Å². The first-order chi connectivity index (χ1) is 13.3. The zero-order valence-electron chi connectivity index (χ0n) is 14.6. The van der Waals surface area contributed by atoms with Gasteiger partial charge in [-0.05, 0) is 42.3 Å². The lowest BCUT2D eigenvalue weighted by molar-refractivity contribution is -0.147. The average Bonchev–Trinajstić information content (AvgIpc) is 2.66. The number of nitrogens with one attached hydrogen (secondary N) is 2. The fourth-order valence-electron chi connectivity index (χ4n) is 2.19. The van der Waals surface area contributed by atoms with Crippen LogP contribution < -0.4 is 10.6 Å². The van der Waals surface area contributed by atoms with Crippen molar-refractivity contribution in [1.82, 2.24) is 10.6 Å². The molecule has 0 aliphatic rings. The van der Waals surface area contributed by atoms with Crippen LogP contribution in [0.3, 0.4) is 0 Å². The van der Waals surface area contributed by atoms with Crippen molar-refractivity contribution in [1.29, 1.82) is 0 Å². The number of esters is 1. The van der Waals surface area contributed by atoms with E-state index < -0.39 is 36.8 Å². The maximum absolute atomic E-state index is 13.1. The summed E-state index contributed by atoms with van der Waals surface area (Å²) in [5, 5.41) is 5.90. The van der Waals surface area contributed by atoms with Gasteiger partial charge in [-0.2, -0.15) is 0 Å². The Hall–Kier alpha value is -2.64. The molecule has 0 heterocycles. The summed E-state index contributed by atoms with van der Waals surface area (Å²) in [5.74, 6) is -2.47. The molecule has 0 atom stereocenters. The van der Waals surface area contributed by atoms with Crippen molar-refractivity contribution in [2.45, 2.75) is 6.42 Å². The molecule has 0 bridgehead atoms. The Morgan fingerprint density at radius 1 is 1.04 bits per heavy atom. The van der Waals surface area contributed by atoms with Crippen LogP contribution in [0.2, 0.25) is 10.0 Å². The second kappa shape index (κ2) is 10.6. The van der Waals surface area contributed by atoms with Crippen molar-refractivity contribution in [2.75, 3.05) is 19.7 Å². The highest BCUT2D eigenvalue weighted by Gasteiger charge is 2.11. The second-order valence-electron chi connectivity index (χ2n) is 5.69. The van der Waals surface area contributed by atoms with Gasteiger partial charge in [0.25, 0.3) is 11.8 Å². The molecule has 6 nitrogen and oxygen atoms in total. The smallest absolute Gasteiger partial charge is 0.325 e. The van der Waals surface area contributed by atoms with Crippen molar-refractivity contribution in [3.63, 3.8) is 0 Å². The Labute approximate surface area is 171 Å². The van der Waals surface area contributed by atoms with Crippen LogP contribution in [-0.4, -0.2) is 37.5 Å². The average molecular weight is 427 g/mol. The normalized spacial score (nSPS) is 10.2. The summed E-state index contributed by atoms with van der Waals surface area (Å²) in [6.45, 7) is -0.625. The van der Waals surface area contributed by atoms with Gasteiger partial charge in [0, 0.05) is 22.2 Å². The number of ether oxygens (including phenoxy) is 1.